The highest BCUT2D eigenvalue weighted by atomic mass is 32.2. The van der Waals surface area contributed by atoms with Crippen LogP contribution in [0.5, 0.6) is 0 Å². The van der Waals surface area contributed by atoms with E-state index in [2.05, 4.69) is 49.5 Å². The van der Waals surface area contributed by atoms with Gasteiger partial charge in [0.2, 0.25) is 0 Å². The third-order valence-corrected chi connectivity index (χ3v) is 2.35. The van der Waals surface area contributed by atoms with E-state index in [0.717, 1.165) is 0 Å². The molecule has 0 aliphatic heterocycles. The van der Waals surface area contributed by atoms with E-state index in [-0.39, 0.29) is 0 Å². The van der Waals surface area contributed by atoms with E-state index in [9.17, 15) is 0 Å². The normalized spacial score (nSPS) is 9.73. The molecule has 0 amide bonds. The maximum Gasteiger partial charge on any atom is 0.0499 e. The Morgan fingerprint density at radius 1 is 1.18 bits per heavy atom. The molecule has 0 atom stereocenters. The van der Waals surface area contributed by atoms with Crippen LogP contribution in [0.1, 0.15) is 0 Å². The zero-order chi connectivity index (χ0) is 8.27. The van der Waals surface area contributed by atoms with Crippen LogP contribution in [-0.2, 0) is 0 Å². The Bertz CT molecular complexity index is 233. The van der Waals surface area contributed by atoms with Gasteiger partial charge in [-0.3, -0.25) is 0 Å². The van der Waals surface area contributed by atoms with Crippen LogP contribution < -0.4 is 4.90 Å². The molecule has 0 aliphatic carbocycles. The Morgan fingerprint density at radius 3 is 2.27 bits per heavy atom. The zero-order valence-electron chi connectivity index (χ0n) is 7.16. The van der Waals surface area contributed by atoms with E-state index in [0.29, 0.717) is 0 Å². The van der Waals surface area contributed by atoms with Gasteiger partial charge in [-0.15, -0.1) is 11.8 Å². The van der Waals surface area contributed by atoms with Gasteiger partial charge in [0.25, 0.3) is 0 Å². The molecular formula is C9H13NS. The average molecular weight is 167 g/mol. The number of rotatable bonds is 2. The topological polar surface area (TPSA) is 3.24 Å². The minimum atomic E-state index is 1.29. The molecule has 0 N–H and O–H groups in total. The van der Waals surface area contributed by atoms with Crippen molar-refractivity contribution in [3.63, 3.8) is 0 Å². The van der Waals surface area contributed by atoms with Crippen molar-refractivity contribution in [1.29, 1.82) is 0 Å². The fraction of sp³-hybridized carbons (Fsp3) is 0.333. The van der Waals surface area contributed by atoms with E-state index in [1.165, 1.54) is 10.6 Å². The van der Waals surface area contributed by atoms with Crippen LogP contribution in [0.25, 0.3) is 0 Å². The van der Waals surface area contributed by atoms with Crippen LogP contribution in [0.4, 0.5) is 5.69 Å². The highest BCUT2D eigenvalue weighted by molar-refractivity contribution is 7.98. The smallest absolute Gasteiger partial charge is 0.0499 e. The summed E-state index contributed by atoms with van der Waals surface area (Å²) < 4.78 is 0. The highest BCUT2D eigenvalue weighted by Gasteiger charge is 1.99. The van der Waals surface area contributed by atoms with E-state index < -0.39 is 0 Å². The predicted molar refractivity (Wildman–Crippen MR) is 52.6 cm³/mol. The third-order valence-electron chi connectivity index (χ3n) is 1.57. The Labute approximate surface area is 72.4 Å². The number of benzene rings is 1. The van der Waals surface area contributed by atoms with Gasteiger partial charge in [-0.1, -0.05) is 12.1 Å². The Balaban J connectivity index is 3.02. The second-order valence-electron chi connectivity index (χ2n) is 2.57. The number of nitrogens with zero attached hydrogens (tertiary/aromatic N) is 1. The number of hydrogen-bond donors (Lipinski definition) is 0. The van der Waals surface area contributed by atoms with Gasteiger partial charge in [-0.05, 0) is 18.4 Å². The van der Waals surface area contributed by atoms with Gasteiger partial charge in [0.05, 0.1) is 0 Å². The van der Waals surface area contributed by atoms with Crippen molar-refractivity contribution < 1.29 is 0 Å². The molecule has 0 bridgehead atoms. The first-order chi connectivity index (χ1) is 5.25. The molecule has 11 heavy (non-hydrogen) atoms. The number of para-hydroxylation sites is 1. The molecule has 0 unspecified atom stereocenters. The molecule has 0 aromatic heterocycles. The maximum absolute atomic E-state index is 2.14. The summed E-state index contributed by atoms with van der Waals surface area (Å²) in [5.74, 6) is 0. The SMILES string of the molecule is CSc1ccccc1N(C)C. The number of anilines is 1. The standard InChI is InChI=1S/C9H13NS/c1-10(2)8-6-4-5-7-9(8)11-3/h4-7H,1-3H3. The van der Waals surface area contributed by atoms with Crippen molar-refractivity contribution in [3.8, 4) is 0 Å². The highest BCUT2D eigenvalue weighted by Crippen LogP contribution is 2.26. The molecule has 1 aromatic carbocycles. The molecule has 0 radical (unpaired) electrons. The summed E-state index contributed by atoms with van der Waals surface area (Å²) in [6.07, 6.45) is 2.10. The molecule has 2 heteroatoms. The van der Waals surface area contributed by atoms with Crippen molar-refractivity contribution in [1.82, 2.24) is 0 Å². The van der Waals surface area contributed by atoms with E-state index in [4.69, 9.17) is 0 Å². The lowest BCUT2D eigenvalue weighted by molar-refractivity contribution is 1.10. The summed E-state index contributed by atoms with van der Waals surface area (Å²) in [4.78, 5) is 3.46. The molecule has 1 nitrogen and oxygen atoms in total. The first-order valence-electron chi connectivity index (χ1n) is 3.56. The molecule has 0 saturated heterocycles. The quantitative estimate of drug-likeness (QED) is 0.622. The first kappa shape index (κ1) is 8.47. The maximum atomic E-state index is 2.14. The summed E-state index contributed by atoms with van der Waals surface area (Å²) in [7, 11) is 4.13. The molecule has 0 aliphatic rings. The Morgan fingerprint density at radius 2 is 1.82 bits per heavy atom. The monoisotopic (exact) mass is 167 g/mol. The van der Waals surface area contributed by atoms with Crippen molar-refractivity contribution in [2.24, 2.45) is 0 Å². The molecule has 1 rings (SSSR count). The Hall–Kier alpha value is -0.630. The van der Waals surface area contributed by atoms with Gasteiger partial charge in [-0.25, -0.2) is 0 Å². The number of thioether (sulfide) groups is 1. The van der Waals surface area contributed by atoms with Gasteiger partial charge in [-0.2, -0.15) is 0 Å². The van der Waals surface area contributed by atoms with Crippen LogP contribution in [-0.4, -0.2) is 20.4 Å². The predicted octanol–water partition coefficient (Wildman–Crippen LogP) is 2.47. The van der Waals surface area contributed by atoms with E-state index in [1.807, 2.05) is 0 Å². The van der Waals surface area contributed by atoms with Crippen molar-refractivity contribution in [2.45, 2.75) is 4.90 Å². The van der Waals surface area contributed by atoms with Gasteiger partial charge in [0.1, 0.15) is 0 Å². The van der Waals surface area contributed by atoms with Gasteiger partial charge in [0.15, 0.2) is 0 Å². The van der Waals surface area contributed by atoms with Gasteiger partial charge < -0.3 is 4.90 Å². The van der Waals surface area contributed by atoms with Gasteiger partial charge in [0, 0.05) is 24.7 Å². The van der Waals surface area contributed by atoms with E-state index >= 15 is 0 Å². The number of hydrogen-bond acceptors (Lipinski definition) is 2. The summed E-state index contributed by atoms with van der Waals surface area (Å²) >= 11 is 1.78. The van der Waals surface area contributed by atoms with Crippen LogP contribution in [0, 0.1) is 0 Å². The van der Waals surface area contributed by atoms with Crippen LogP contribution in [0.3, 0.4) is 0 Å². The fourth-order valence-electron chi connectivity index (χ4n) is 0.999. The molecule has 0 heterocycles. The lowest BCUT2D eigenvalue weighted by atomic mass is 10.3. The van der Waals surface area contributed by atoms with Crippen LogP contribution in [0.15, 0.2) is 29.2 Å². The second kappa shape index (κ2) is 3.67. The zero-order valence-corrected chi connectivity index (χ0v) is 7.98. The average Bonchev–Trinajstić information content (AvgIpc) is 2.04. The van der Waals surface area contributed by atoms with Crippen LogP contribution in [0.2, 0.25) is 0 Å². The fourth-order valence-corrected chi connectivity index (χ4v) is 1.67. The summed E-state index contributed by atoms with van der Waals surface area (Å²) in [5, 5.41) is 0. The third kappa shape index (κ3) is 1.90. The van der Waals surface area contributed by atoms with Crippen molar-refractivity contribution in [2.75, 3.05) is 25.3 Å². The largest absolute Gasteiger partial charge is 0.377 e. The summed E-state index contributed by atoms with van der Waals surface area (Å²) in [6, 6.07) is 8.40. The molecule has 60 valence electrons. The van der Waals surface area contributed by atoms with Crippen molar-refractivity contribution in [3.05, 3.63) is 24.3 Å². The Kier molecular flexibility index (Phi) is 2.83. The lowest BCUT2D eigenvalue weighted by Gasteiger charge is -2.15. The molecule has 1 aromatic rings. The van der Waals surface area contributed by atoms with Crippen LogP contribution >= 0.6 is 11.8 Å². The van der Waals surface area contributed by atoms with Gasteiger partial charge >= 0.3 is 0 Å². The molecule has 0 saturated carbocycles. The molecule has 0 fully saturated rings. The summed E-state index contributed by atoms with van der Waals surface area (Å²) in [6.45, 7) is 0. The van der Waals surface area contributed by atoms with Crippen molar-refractivity contribution >= 4 is 17.4 Å². The molecular weight excluding hydrogens is 154 g/mol. The first-order valence-corrected chi connectivity index (χ1v) is 4.78. The summed E-state index contributed by atoms with van der Waals surface area (Å²) in [5.41, 5.74) is 1.29. The minimum Gasteiger partial charge on any atom is -0.377 e. The lowest BCUT2D eigenvalue weighted by Crippen LogP contribution is -2.09. The molecule has 0 spiro atoms. The second-order valence-corrected chi connectivity index (χ2v) is 3.41. The van der Waals surface area contributed by atoms with E-state index in [1.54, 1.807) is 11.8 Å². The minimum absolute atomic E-state index is 1.29.